The van der Waals surface area contributed by atoms with Crippen LogP contribution < -0.4 is 11.1 Å². The van der Waals surface area contributed by atoms with E-state index in [0.29, 0.717) is 12.0 Å². The third-order valence-corrected chi connectivity index (χ3v) is 3.11. The van der Waals surface area contributed by atoms with E-state index in [9.17, 15) is 0 Å². The lowest BCUT2D eigenvalue weighted by Crippen LogP contribution is -2.37. The standard InChI is InChI=1S/C11H24N2O/c1-14-8-7-13-9-10-5-3-2-4-6-11(10)12/h10-11,13H,2-9,12H2,1H3. The molecule has 0 aromatic rings. The van der Waals surface area contributed by atoms with Gasteiger partial charge in [0.25, 0.3) is 0 Å². The number of methoxy groups -OCH3 is 1. The molecule has 0 aromatic carbocycles. The summed E-state index contributed by atoms with van der Waals surface area (Å²) in [6, 6.07) is 0.410. The molecule has 0 aliphatic heterocycles. The summed E-state index contributed by atoms with van der Waals surface area (Å²) in [4.78, 5) is 0. The Hall–Kier alpha value is -0.120. The Bertz CT molecular complexity index is 141. The molecule has 1 rings (SSSR count). The van der Waals surface area contributed by atoms with Gasteiger partial charge in [-0.1, -0.05) is 19.3 Å². The predicted molar refractivity (Wildman–Crippen MR) is 59.3 cm³/mol. The van der Waals surface area contributed by atoms with E-state index in [1.165, 1.54) is 32.1 Å². The van der Waals surface area contributed by atoms with Crippen LogP contribution in [-0.2, 0) is 4.74 Å². The molecule has 0 aromatic heterocycles. The fraction of sp³-hybridized carbons (Fsp3) is 1.00. The fourth-order valence-electron chi connectivity index (χ4n) is 2.13. The first-order valence-corrected chi connectivity index (χ1v) is 5.80. The van der Waals surface area contributed by atoms with Gasteiger partial charge in [-0.05, 0) is 25.3 Å². The molecule has 2 atom stereocenters. The van der Waals surface area contributed by atoms with Gasteiger partial charge in [-0.2, -0.15) is 0 Å². The SMILES string of the molecule is COCCNCC1CCCCCC1N. The van der Waals surface area contributed by atoms with Gasteiger partial charge < -0.3 is 15.8 Å². The molecule has 0 radical (unpaired) electrons. The first kappa shape index (κ1) is 12.0. The van der Waals surface area contributed by atoms with Crippen molar-refractivity contribution in [3.8, 4) is 0 Å². The molecule has 0 saturated heterocycles. The molecule has 1 saturated carbocycles. The number of rotatable bonds is 5. The minimum Gasteiger partial charge on any atom is -0.383 e. The van der Waals surface area contributed by atoms with E-state index < -0.39 is 0 Å². The molecule has 0 amide bonds. The monoisotopic (exact) mass is 200 g/mol. The first-order valence-electron chi connectivity index (χ1n) is 5.80. The van der Waals surface area contributed by atoms with Gasteiger partial charge in [0.2, 0.25) is 0 Å². The molecule has 0 bridgehead atoms. The van der Waals surface area contributed by atoms with Crippen LogP contribution in [0.3, 0.4) is 0 Å². The quantitative estimate of drug-likeness (QED) is 0.516. The van der Waals surface area contributed by atoms with Crippen LogP contribution in [-0.4, -0.2) is 32.8 Å². The van der Waals surface area contributed by atoms with Crippen molar-refractivity contribution in [3.05, 3.63) is 0 Å². The van der Waals surface area contributed by atoms with Crippen molar-refractivity contribution in [2.24, 2.45) is 11.7 Å². The lowest BCUT2D eigenvalue weighted by atomic mass is 9.95. The van der Waals surface area contributed by atoms with Crippen LogP contribution in [0.5, 0.6) is 0 Å². The summed E-state index contributed by atoms with van der Waals surface area (Å²) < 4.78 is 4.99. The van der Waals surface area contributed by atoms with Gasteiger partial charge in [0.15, 0.2) is 0 Å². The van der Waals surface area contributed by atoms with Crippen LogP contribution in [0.4, 0.5) is 0 Å². The van der Waals surface area contributed by atoms with Crippen molar-refractivity contribution in [2.75, 3.05) is 26.8 Å². The average molecular weight is 200 g/mol. The Morgan fingerprint density at radius 1 is 1.29 bits per heavy atom. The molecule has 0 spiro atoms. The highest BCUT2D eigenvalue weighted by molar-refractivity contribution is 4.77. The number of nitrogens with two attached hydrogens (primary N) is 1. The molecule has 1 aliphatic carbocycles. The molecule has 1 aliphatic rings. The minimum absolute atomic E-state index is 0.410. The van der Waals surface area contributed by atoms with Crippen molar-refractivity contribution in [2.45, 2.75) is 38.1 Å². The van der Waals surface area contributed by atoms with E-state index in [-0.39, 0.29) is 0 Å². The normalized spacial score (nSPS) is 28.7. The number of nitrogens with one attached hydrogen (secondary N) is 1. The molecule has 3 N–H and O–H groups in total. The molecular formula is C11H24N2O. The molecule has 84 valence electrons. The summed E-state index contributed by atoms with van der Waals surface area (Å²) >= 11 is 0. The number of ether oxygens (including phenoxy) is 1. The Morgan fingerprint density at radius 2 is 2.07 bits per heavy atom. The zero-order chi connectivity index (χ0) is 10.2. The Balaban J connectivity index is 2.13. The maximum absolute atomic E-state index is 6.12. The highest BCUT2D eigenvalue weighted by atomic mass is 16.5. The van der Waals surface area contributed by atoms with Gasteiger partial charge in [0, 0.05) is 19.7 Å². The second-order valence-electron chi connectivity index (χ2n) is 4.26. The second-order valence-corrected chi connectivity index (χ2v) is 4.26. The van der Waals surface area contributed by atoms with Crippen LogP contribution in [0.15, 0.2) is 0 Å². The lowest BCUT2D eigenvalue weighted by molar-refractivity contribution is 0.196. The van der Waals surface area contributed by atoms with Crippen LogP contribution in [0.2, 0.25) is 0 Å². The second kappa shape index (κ2) is 7.21. The number of hydrogen-bond donors (Lipinski definition) is 2. The van der Waals surface area contributed by atoms with Crippen molar-refractivity contribution < 1.29 is 4.74 Å². The molecule has 1 fully saturated rings. The third-order valence-electron chi connectivity index (χ3n) is 3.11. The summed E-state index contributed by atoms with van der Waals surface area (Å²) in [5.41, 5.74) is 6.12. The van der Waals surface area contributed by atoms with Gasteiger partial charge >= 0.3 is 0 Å². The molecule has 3 heteroatoms. The molecule has 14 heavy (non-hydrogen) atoms. The fourth-order valence-corrected chi connectivity index (χ4v) is 2.13. The summed E-state index contributed by atoms with van der Waals surface area (Å²) in [7, 11) is 1.74. The van der Waals surface area contributed by atoms with Gasteiger partial charge in [0.1, 0.15) is 0 Å². The van der Waals surface area contributed by atoms with E-state index in [0.717, 1.165) is 19.7 Å². The predicted octanol–water partition coefficient (Wildman–Crippen LogP) is 1.13. The highest BCUT2D eigenvalue weighted by Gasteiger charge is 2.19. The smallest absolute Gasteiger partial charge is 0.0587 e. The topological polar surface area (TPSA) is 47.3 Å². The Labute approximate surface area is 87.4 Å². The highest BCUT2D eigenvalue weighted by Crippen LogP contribution is 2.21. The zero-order valence-corrected chi connectivity index (χ0v) is 9.30. The minimum atomic E-state index is 0.410. The summed E-state index contributed by atoms with van der Waals surface area (Å²) in [6.07, 6.45) is 6.53. The van der Waals surface area contributed by atoms with E-state index in [4.69, 9.17) is 10.5 Å². The van der Waals surface area contributed by atoms with E-state index in [2.05, 4.69) is 5.32 Å². The van der Waals surface area contributed by atoms with Crippen LogP contribution in [0.1, 0.15) is 32.1 Å². The summed E-state index contributed by atoms with van der Waals surface area (Å²) in [5, 5.41) is 3.41. The molecule has 2 unspecified atom stereocenters. The van der Waals surface area contributed by atoms with Crippen LogP contribution >= 0.6 is 0 Å². The Kier molecular flexibility index (Phi) is 6.15. The Morgan fingerprint density at radius 3 is 2.86 bits per heavy atom. The summed E-state index contributed by atoms with van der Waals surface area (Å²) in [5.74, 6) is 0.675. The van der Waals surface area contributed by atoms with Gasteiger partial charge in [-0.3, -0.25) is 0 Å². The van der Waals surface area contributed by atoms with E-state index in [1.54, 1.807) is 7.11 Å². The average Bonchev–Trinajstić information content (AvgIpc) is 2.39. The molecular weight excluding hydrogens is 176 g/mol. The van der Waals surface area contributed by atoms with Crippen molar-refractivity contribution in [3.63, 3.8) is 0 Å². The van der Waals surface area contributed by atoms with Gasteiger partial charge in [0.05, 0.1) is 6.61 Å². The third kappa shape index (κ3) is 4.40. The van der Waals surface area contributed by atoms with Crippen molar-refractivity contribution in [1.29, 1.82) is 0 Å². The maximum atomic E-state index is 6.12. The van der Waals surface area contributed by atoms with Gasteiger partial charge in [-0.25, -0.2) is 0 Å². The van der Waals surface area contributed by atoms with Crippen molar-refractivity contribution in [1.82, 2.24) is 5.32 Å². The van der Waals surface area contributed by atoms with E-state index in [1.807, 2.05) is 0 Å². The zero-order valence-electron chi connectivity index (χ0n) is 9.30. The lowest BCUT2D eigenvalue weighted by Gasteiger charge is -2.21. The molecule has 3 nitrogen and oxygen atoms in total. The molecule has 0 heterocycles. The number of hydrogen-bond acceptors (Lipinski definition) is 3. The van der Waals surface area contributed by atoms with Crippen LogP contribution in [0, 0.1) is 5.92 Å². The van der Waals surface area contributed by atoms with Crippen LogP contribution in [0.25, 0.3) is 0 Å². The van der Waals surface area contributed by atoms with Gasteiger partial charge in [-0.15, -0.1) is 0 Å². The largest absolute Gasteiger partial charge is 0.383 e. The maximum Gasteiger partial charge on any atom is 0.0587 e. The van der Waals surface area contributed by atoms with E-state index >= 15 is 0 Å². The summed E-state index contributed by atoms with van der Waals surface area (Å²) in [6.45, 7) is 2.80. The van der Waals surface area contributed by atoms with Crippen molar-refractivity contribution >= 4 is 0 Å². The first-order chi connectivity index (χ1) is 6.84.